The normalized spacial score (nSPS) is 21.8. The van der Waals surface area contributed by atoms with Crippen LogP contribution in [0, 0.1) is 11.8 Å². The minimum absolute atomic E-state index is 0.0696. The van der Waals surface area contributed by atoms with Crippen molar-refractivity contribution in [2.24, 2.45) is 11.8 Å². The van der Waals surface area contributed by atoms with Crippen molar-refractivity contribution in [1.82, 2.24) is 4.90 Å². The number of piperidine rings is 1. The Morgan fingerprint density at radius 1 is 1.30 bits per heavy atom. The summed E-state index contributed by atoms with van der Waals surface area (Å²) in [6, 6.07) is 8.22. The number of carbonyl (C=O) groups excluding carboxylic acids is 1. The summed E-state index contributed by atoms with van der Waals surface area (Å²) in [5.41, 5.74) is 0.138. The molecule has 1 saturated heterocycles. The van der Waals surface area contributed by atoms with E-state index in [1.807, 2.05) is 17.0 Å². The van der Waals surface area contributed by atoms with E-state index in [1.165, 1.54) is 5.56 Å². The first-order chi connectivity index (χ1) is 11.0. The Morgan fingerprint density at radius 3 is 2.61 bits per heavy atom. The molecule has 1 aliphatic heterocycles. The molecule has 1 amide bonds. The van der Waals surface area contributed by atoms with E-state index in [0.717, 1.165) is 50.9 Å². The van der Waals surface area contributed by atoms with Crippen LogP contribution >= 0.6 is 0 Å². The van der Waals surface area contributed by atoms with Crippen LogP contribution in [0.3, 0.4) is 0 Å². The first-order valence-corrected chi connectivity index (χ1v) is 8.65. The van der Waals surface area contributed by atoms with Crippen molar-refractivity contribution >= 4 is 5.91 Å². The molecule has 0 bridgehead atoms. The zero-order valence-corrected chi connectivity index (χ0v) is 14.1. The maximum Gasteiger partial charge on any atom is 0.254 e. The van der Waals surface area contributed by atoms with Crippen LogP contribution in [0.2, 0.25) is 0 Å². The standard InChI is InChI=1S/C19H27NO3/c1-19(22,16-6-7-16)18(21)20-10-8-14(9-11-20)12-15-4-3-5-17(13-15)23-2/h3-5,13-14,16,22H,6-12H2,1-2H3. The minimum Gasteiger partial charge on any atom is -0.497 e. The van der Waals surface area contributed by atoms with Gasteiger partial charge in [-0.25, -0.2) is 0 Å². The lowest BCUT2D eigenvalue weighted by Gasteiger charge is -2.36. The van der Waals surface area contributed by atoms with Gasteiger partial charge in [0.15, 0.2) is 0 Å². The van der Waals surface area contributed by atoms with Crippen LogP contribution in [0.1, 0.15) is 38.2 Å². The third-order valence-electron chi connectivity index (χ3n) is 5.37. The number of methoxy groups -OCH3 is 1. The van der Waals surface area contributed by atoms with E-state index in [1.54, 1.807) is 14.0 Å². The summed E-state index contributed by atoms with van der Waals surface area (Å²) < 4.78 is 5.28. The molecule has 0 spiro atoms. The van der Waals surface area contributed by atoms with Crippen LogP contribution in [0.15, 0.2) is 24.3 Å². The largest absolute Gasteiger partial charge is 0.497 e. The summed E-state index contributed by atoms with van der Waals surface area (Å²) in [5.74, 6) is 1.59. The van der Waals surface area contributed by atoms with Gasteiger partial charge in [0.1, 0.15) is 11.4 Å². The van der Waals surface area contributed by atoms with Gasteiger partial charge in [-0.1, -0.05) is 12.1 Å². The van der Waals surface area contributed by atoms with Gasteiger partial charge in [0.2, 0.25) is 0 Å². The molecule has 1 N–H and O–H groups in total. The molecule has 0 aromatic heterocycles. The van der Waals surface area contributed by atoms with E-state index in [4.69, 9.17) is 4.74 Å². The van der Waals surface area contributed by atoms with Crippen molar-refractivity contribution in [2.75, 3.05) is 20.2 Å². The third-order valence-corrected chi connectivity index (χ3v) is 5.37. The highest BCUT2D eigenvalue weighted by Crippen LogP contribution is 2.41. The van der Waals surface area contributed by atoms with Gasteiger partial charge in [-0.05, 0) is 68.6 Å². The molecule has 1 atom stereocenters. The van der Waals surface area contributed by atoms with Crippen LogP contribution in [-0.2, 0) is 11.2 Å². The molecule has 1 aromatic carbocycles. The molecule has 1 unspecified atom stereocenters. The van der Waals surface area contributed by atoms with Crippen molar-refractivity contribution in [3.05, 3.63) is 29.8 Å². The van der Waals surface area contributed by atoms with Crippen LogP contribution in [0.25, 0.3) is 0 Å². The van der Waals surface area contributed by atoms with Crippen LogP contribution in [-0.4, -0.2) is 41.7 Å². The molecule has 1 aliphatic carbocycles. The zero-order chi connectivity index (χ0) is 16.4. The van der Waals surface area contributed by atoms with Gasteiger partial charge < -0.3 is 14.7 Å². The van der Waals surface area contributed by atoms with Gasteiger partial charge >= 0.3 is 0 Å². The van der Waals surface area contributed by atoms with Crippen LogP contribution in [0.4, 0.5) is 0 Å². The number of aliphatic hydroxyl groups is 1. The second-order valence-electron chi connectivity index (χ2n) is 7.21. The number of carbonyl (C=O) groups is 1. The van der Waals surface area contributed by atoms with E-state index < -0.39 is 5.60 Å². The van der Waals surface area contributed by atoms with Crippen molar-refractivity contribution in [3.8, 4) is 5.75 Å². The Labute approximate surface area is 138 Å². The fourth-order valence-electron chi connectivity index (χ4n) is 3.61. The minimum atomic E-state index is -1.15. The fraction of sp³-hybridized carbons (Fsp3) is 0.632. The highest BCUT2D eigenvalue weighted by atomic mass is 16.5. The van der Waals surface area contributed by atoms with Crippen molar-refractivity contribution in [3.63, 3.8) is 0 Å². The van der Waals surface area contributed by atoms with Gasteiger partial charge in [-0.2, -0.15) is 0 Å². The maximum absolute atomic E-state index is 12.5. The Kier molecular flexibility index (Phi) is 4.62. The second-order valence-corrected chi connectivity index (χ2v) is 7.21. The van der Waals surface area contributed by atoms with Crippen molar-refractivity contribution in [2.45, 2.75) is 44.6 Å². The average molecular weight is 317 g/mol. The number of hydrogen-bond donors (Lipinski definition) is 1. The van der Waals surface area contributed by atoms with Crippen LogP contribution < -0.4 is 4.74 Å². The third kappa shape index (κ3) is 3.69. The number of ether oxygens (including phenoxy) is 1. The number of nitrogens with zero attached hydrogens (tertiary/aromatic N) is 1. The summed E-state index contributed by atoms with van der Waals surface area (Å²) in [7, 11) is 1.69. The lowest BCUT2D eigenvalue weighted by Crippen LogP contribution is -2.51. The number of likely N-dealkylation sites (tertiary alicyclic amines) is 1. The Hall–Kier alpha value is -1.55. The average Bonchev–Trinajstić information content (AvgIpc) is 3.40. The van der Waals surface area contributed by atoms with E-state index in [0.29, 0.717) is 5.92 Å². The predicted octanol–water partition coefficient (Wildman–Crippen LogP) is 2.64. The molecule has 1 saturated carbocycles. The highest BCUT2D eigenvalue weighted by molar-refractivity contribution is 5.85. The molecule has 126 valence electrons. The number of hydrogen-bond acceptors (Lipinski definition) is 3. The molecule has 4 nitrogen and oxygen atoms in total. The van der Waals surface area contributed by atoms with Gasteiger partial charge in [-0.3, -0.25) is 4.79 Å². The Morgan fingerprint density at radius 2 is 2.00 bits per heavy atom. The van der Waals surface area contributed by atoms with Crippen molar-refractivity contribution in [1.29, 1.82) is 0 Å². The summed E-state index contributed by atoms with van der Waals surface area (Å²) in [6.45, 7) is 3.21. The van der Waals surface area contributed by atoms with Gasteiger partial charge in [0.05, 0.1) is 7.11 Å². The van der Waals surface area contributed by atoms with E-state index in [-0.39, 0.29) is 11.8 Å². The monoisotopic (exact) mass is 317 g/mol. The van der Waals surface area contributed by atoms with E-state index in [9.17, 15) is 9.90 Å². The van der Waals surface area contributed by atoms with Gasteiger partial charge in [0.25, 0.3) is 5.91 Å². The molecule has 1 aromatic rings. The molecule has 23 heavy (non-hydrogen) atoms. The molecule has 0 radical (unpaired) electrons. The summed E-state index contributed by atoms with van der Waals surface area (Å²) in [5, 5.41) is 10.4. The molecule has 2 aliphatic rings. The van der Waals surface area contributed by atoms with Crippen LogP contribution in [0.5, 0.6) is 5.75 Å². The van der Waals surface area contributed by atoms with Crippen molar-refractivity contribution < 1.29 is 14.6 Å². The Bertz CT molecular complexity index is 557. The van der Waals surface area contributed by atoms with E-state index in [2.05, 4.69) is 12.1 Å². The van der Waals surface area contributed by atoms with E-state index >= 15 is 0 Å². The maximum atomic E-state index is 12.5. The summed E-state index contributed by atoms with van der Waals surface area (Å²) in [4.78, 5) is 14.4. The Balaban J connectivity index is 1.53. The molecule has 1 heterocycles. The smallest absolute Gasteiger partial charge is 0.254 e. The SMILES string of the molecule is COc1cccc(CC2CCN(C(=O)C(C)(O)C3CC3)CC2)c1. The molecule has 2 fully saturated rings. The molecule has 3 rings (SSSR count). The lowest BCUT2D eigenvalue weighted by molar-refractivity contribution is -0.153. The number of rotatable bonds is 5. The zero-order valence-electron chi connectivity index (χ0n) is 14.1. The molecular formula is C19H27NO3. The van der Waals surface area contributed by atoms with Gasteiger partial charge in [0, 0.05) is 13.1 Å². The summed E-state index contributed by atoms with van der Waals surface area (Å²) >= 11 is 0. The topological polar surface area (TPSA) is 49.8 Å². The molecule has 4 heteroatoms. The molecular weight excluding hydrogens is 290 g/mol. The summed E-state index contributed by atoms with van der Waals surface area (Å²) in [6.07, 6.45) is 4.99. The predicted molar refractivity (Wildman–Crippen MR) is 89.3 cm³/mol. The highest BCUT2D eigenvalue weighted by Gasteiger charge is 2.47. The first-order valence-electron chi connectivity index (χ1n) is 8.65. The number of benzene rings is 1. The lowest BCUT2D eigenvalue weighted by atomic mass is 9.89. The fourth-order valence-corrected chi connectivity index (χ4v) is 3.61. The quantitative estimate of drug-likeness (QED) is 0.908. The second kappa shape index (κ2) is 6.52. The van der Waals surface area contributed by atoms with Gasteiger partial charge in [-0.15, -0.1) is 0 Å². The first kappa shape index (κ1) is 16.3. The number of amides is 1.